The summed E-state index contributed by atoms with van der Waals surface area (Å²) < 4.78 is 5.09. The van der Waals surface area contributed by atoms with Gasteiger partial charge in [0, 0.05) is 31.4 Å². The molecule has 2 aromatic heterocycles. The Balaban J connectivity index is 1.53. The number of hydrogen-bond donors (Lipinski definition) is 2. The lowest BCUT2D eigenvalue weighted by atomic mass is 9.96. The van der Waals surface area contributed by atoms with Crippen molar-refractivity contribution in [2.24, 2.45) is 5.92 Å². The van der Waals surface area contributed by atoms with Gasteiger partial charge in [0.05, 0.1) is 24.8 Å². The van der Waals surface area contributed by atoms with Gasteiger partial charge in [-0.05, 0) is 63.3 Å². The van der Waals surface area contributed by atoms with Crippen LogP contribution in [0.3, 0.4) is 0 Å². The van der Waals surface area contributed by atoms with Crippen LogP contribution in [0.25, 0.3) is 0 Å². The third-order valence-electron chi connectivity index (χ3n) is 5.98. The highest BCUT2D eigenvalue weighted by Crippen LogP contribution is 2.22. The normalized spacial score (nSPS) is 16.0. The number of esters is 1. The van der Waals surface area contributed by atoms with Crippen molar-refractivity contribution in [3.63, 3.8) is 0 Å². The molecular formula is C24H32N4O4. The maximum absolute atomic E-state index is 12.9. The number of hydrogen-bond acceptors (Lipinski definition) is 5. The quantitative estimate of drug-likeness (QED) is 0.614. The summed E-state index contributed by atoms with van der Waals surface area (Å²) in [5.74, 6) is -0.585. The first-order chi connectivity index (χ1) is 15.4. The van der Waals surface area contributed by atoms with E-state index in [4.69, 9.17) is 4.74 Å². The lowest BCUT2D eigenvalue weighted by molar-refractivity contribution is -0.135. The Morgan fingerprint density at radius 1 is 1.28 bits per heavy atom. The number of piperidine rings is 1. The molecule has 1 saturated heterocycles. The molecule has 8 nitrogen and oxygen atoms in total. The van der Waals surface area contributed by atoms with Crippen LogP contribution in [0, 0.1) is 19.8 Å². The number of carbonyl (C=O) groups excluding carboxylic acids is 3. The summed E-state index contributed by atoms with van der Waals surface area (Å²) in [6, 6.07) is 5.60. The van der Waals surface area contributed by atoms with Crippen molar-refractivity contribution < 1.29 is 19.1 Å². The van der Waals surface area contributed by atoms with E-state index in [1.165, 1.54) is 0 Å². The summed E-state index contributed by atoms with van der Waals surface area (Å²) in [4.78, 5) is 46.7. The molecule has 1 fully saturated rings. The number of nitrogens with zero attached hydrogens (tertiary/aromatic N) is 2. The van der Waals surface area contributed by atoms with Crippen molar-refractivity contribution in [1.82, 2.24) is 20.2 Å². The number of aryl methyl sites for hydroxylation is 1. The van der Waals surface area contributed by atoms with Gasteiger partial charge < -0.3 is 19.9 Å². The van der Waals surface area contributed by atoms with Crippen molar-refractivity contribution in [2.45, 2.75) is 53.0 Å². The van der Waals surface area contributed by atoms with E-state index in [1.54, 1.807) is 18.0 Å². The molecule has 0 aromatic carbocycles. The number of nitrogens with one attached hydrogen (secondary N) is 2. The first kappa shape index (κ1) is 23.5. The molecule has 8 heteroatoms. The minimum atomic E-state index is -0.374. The fourth-order valence-corrected chi connectivity index (χ4v) is 4.20. The van der Waals surface area contributed by atoms with Gasteiger partial charge in [-0.25, -0.2) is 4.79 Å². The van der Waals surface area contributed by atoms with Crippen molar-refractivity contribution in [3.05, 3.63) is 52.6 Å². The van der Waals surface area contributed by atoms with Crippen LogP contribution in [0.4, 0.5) is 0 Å². The summed E-state index contributed by atoms with van der Waals surface area (Å²) >= 11 is 0. The SMILES string of the molecule is CCOC(=O)c1[nH]c(C)c(CCC(=O)N2CCC[C@@H](C(=O)NCc3ccccn3)C2)c1C. The van der Waals surface area contributed by atoms with E-state index in [2.05, 4.69) is 15.3 Å². The summed E-state index contributed by atoms with van der Waals surface area (Å²) in [5, 5.41) is 2.94. The molecule has 2 aromatic rings. The second kappa shape index (κ2) is 10.9. The van der Waals surface area contributed by atoms with Gasteiger partial charge in [-0.15, -0.1) is 0 Å². The van der Waals surface area contributed by atoms with Crippen LogP contribution in [0.5, 0.6) is 0 Å². The molecule has 1 atom stereocenters. The molecule has 1 aliphatic heterocycles. The molecule has 0 saturated carbocycles. The van der Waals surface area contributed by atoms with E-state index in [-0.39, 0.29) is 23.7 Å². The number of likely N-dealkylation sites (tertiary alicyclic amines) is 1. The average molecular weight is 441 g/mol. The number of pyridine rings is 1. The monoisotopic (exact) mass is 440 g/mol. The Kier molecular flexibility index (Phi) is 8.03. The number of amides is 2. The molecule has 0 bridgehead atoms. The Morgan fingerprint density at radius 3 is 2.81 bits per heavy atom. The standard InChI is InChI=1S/C24H32N4O4/c1-4-32-24(31)22-16(2)20(17(3)27-22)10-11-21(29)28-13-7-8-18(15-28)23(30)26-14-19-9-5-6-12-25-19/h5-6,9,12,18,27H,4,7-8,10-11,13-15H2,1-3H3,(H,26,30)/t18-/m1/s1. The second-order valence-electron chi connectivity index (χ2n) is 8.17. The topological polar surface area (TPSA) is 104 Å². The second-order valence-corrected chi connectivity index (χ2v) is 8.17. The zero-order chi connectivity index (χ0) is 23.1. The molecule has 172 valence electrons. The van der Waals surface area contributed by atoms with E-state index in [0.717, 1.165) is 35.4 Å². The minimum Gasteiger partial charge on any atom is -0.461 e. The average Bonchev–Trinajstić information content (AvgIpc) is 3.10. The summed E-state index contributed by atoms with van der Waals surface area (Å²) in [5.41, 5.74) is 3.95. The summed E-state index contributed by atoms with van der Waals surface area (Å²) in [6.07, 6.45) is 4.16. The first-order valence-corrected chi connectivity index (χ1v) is 11.2. The molecule has 1 aliphatic rings. The van der Waals surface area contributed by atoms with Crippen LogP contribution in [-0.2, 0) is 27.3 Å². The van der Waals surface area contributed by atoms with E-state index < -0.39 is 0 Å². The molecule has 0 radical (unpaired) electrons. The van der Waals surface area contributed by atoms with Gasteiger partial charge in [0.2, 0.25) is 11.8 Å². The number of aromatic amines is 1. The van der Waals surface area contributed by atoms with Crippen LogP contribution in [0.15, 0.2) is 24.4 Å². The Bertz CT molecular complexity index is 954. The van der Waals surface area contributed by atoms with E-state index in [1.807, 2.05) is 32.0 Å². The number of rotatable bonds is 8. The van der Waals surface area contributed by atoms with Crippen molar-refractivity contribution in [2.75, 3.05) is 19.7 Å². The van der Waals surface area contributed by atoms with E-state index in [9.17, 15) is 14.4 Å². The van der Waals surface area contributed by atoms with Gasteiger partial charge in [0.25, 0.3) is 0 Å². The molecule has 0 spiro atoms. The lowest BCUT2D eigenvalue weighted by Crippen LogP contribution is -2.45. The zero-order valence-electron chi connectivity index (χ0n) is 19.1. The maximum atomic E-state index is 12.9. The number of H-pyrrole nitrogens is 1. The number of ether oxygens (including phenoxy) is 1. The first-order valence-electron chi connectivity index (χ1n) is 11.2. The molecule has 0 aliphatic carbocycles. The highest BCUT2D eigenvalue weighted by molar-refractivity contribution is 5.90. The van der Waals surface area contributed by atoms with Gasteiger partial charge in [0.1, 0.15) is 5.69 Å². The zero-order valence-corrected chi connectivity index (χ0v) is 19.1. The van der Waals surface area contributed by atoms with Crippen molar-refractivity contribution in [1.29, 1.82) is 0 Å². The largest absolute Gasteiger partial charge is 0.461 e. The van der Waals surface area contributed by atoms with Gasteiger partial charge in [-0.3, -0.25) is 14.6 Å². The molecule has 3 heterocycles. The van der Waals surface area contributed by atoms with Crippen molar-refractivity contribution in [3.8, 4) is 0 Å². The Hall–Kier alpha value is -3.16. The third kappa shape index (κ3) is 5.75. The maximum Gasteiger partial charge on any atom is 0.355 e. The Morgan fingerprint density at radius 2 is 2.09 bits per heavy atom. The van der Waals surface area contributed by atoms with Crippen LogP contribution in [0.1, 0.15) is 59.2 Å². The molecule has 0 unspecified atom stereocenters. The molecule has 2 amide bonds. The lowest BCUT2D eigenvalue weighted by Gasteiger charge is -2.32. The third-order valence-corrected chi connectivity index (χ3v) is 5.98. The summed E-state index contributed by atoms with van der Waals surface area (Å²) in [6.45, 7) is 7.35. The minimum absolute atomic E-state index is 0.0323. The molecule has 3 rings (SSSR count). The highest BCUT2D eigenvalue weighted by atomic mass is 16.5. The number of aromatic nitrogens is 2. The fourth-order valence-electron chi connectivity index (χ4n) is 4.20. The van der Waals surface area contributed by atoms with Gasteiger partial charge >= 0.3 is 5.97 Å². The fraction of sp³-hybridized carbons (Fsp3) is 0.500. The van der Waals surface area contributed by atoms with E-state index >= 15 is 0 Å². The van der Waals surface area contributed by atoms with Gasteiger partial charge in [0.15, 0.2) is 0 Å². The predicted octanol–water partition coefficient (Wildman–Crippen LogP) is 2.69. The van der Waals surface area contributed by atoms with Crippen LogP contribution in [-0.4, -0.2) is 52.3 Å². The van der Waals surface area contributed by atoms with Gasteiger partial charge in [-0.2, -0.15) is 0 Å². The van der Waals surface area contributed by atoms with Crippen molar-refractivity contribution >= 4 is 17.8 Å². The molecular weight excluding hydrogens is 408 g/mol. The van der Waals surface area contributed by atoms with Gasteiger partial charge in [-0.1, -0.05) is 6.07 Å². The predicted molar refractivity (Wildman–Crippen MR) is 120 cm³/mol. The Labute approximate surface area is 188 Å². The van der Waals surface area contributed by atoms with E-state index in [0.29, 0.717) is 44.8 Å². The van der Waals surface area contributed by atoms with Crippen LogP contribution < -0.4 is 5.32 Å². The molecule has 32 heavy (non-hydrogen) atoms. The van der Waals surface area contributed by atoms with Crippen LogP contribution in [0.2, 0.25) is 0 Å². The summed E-state index contributed by atoms with van der Waals surface area (Å²) in [7, 11) is 0. The highest BCUT2D eigenvalue weighted by Gasteiger charge is 2.28. The van der Waals surface area contributed by atoms with Crippen LogP contribution >= 0.6 is 0 Å². The molecule has 2 N–H and O–H groups in total. The smallest absolute Gasteiger partial charge is 0.355 e. The number of carbonyl (C=O) groups is 3.